The Morgan fingerprint density at radius 1 is 0.967 bits per heavy atom. The van der Waals surface area contributed by atoms with E-state index in [0.717, 1.165) is 25.7 Å². The Labute approximate surface area is 178 Å². The lowest BCUT2D eigenvalue weighted by atomic mass is 9.69. The van der Waals surface area contributed by atoms with Gasteiger partial charge in [-0.15, -0.1) is 0 Å². The summed E-state index contributed by atoms with van der Waals surface area (Å²) in [6.45, 7) is 0.553. The Hall–Kier alpha value is -2.38. The van der Waals surface area contributed by atoms with Crippen LogP contribution in [0.2, 0.25) is 0 Å². The van der Waals surface area contributed by atoms with Gasteiger partial charge in [-0.05, 0) is 63.5 Å². The first-order chi connectivity index (χ1) is 14.2. The summed E-state index contributed by atoms with van der Waals surface area (Å²) in [6.07, 6.45) is 4.81. The Kier molecular flexibility index (Phi) is 5.14. The summed E-state index contributed by atoms with van der Waals surface area (Å²) in [5.74, 6) is 0. The molecule has 1 heterocycles. The third kappa shape index (κ3) is 3.61. The van der Waals surface area contributed by atoms with E-state index in [1.165, 1.54) is 11.8 Å². The van der Waals surface area contributed by atoms with Gasteiger partial charge in [-0.3, -0.25) is 9.80 Å². The molecule has 1 N–H and O–H groups in total. The Morgan fingerprint density at radius 2 is 1.63 bits per heavy atom. The lowest BCUT2D eigenvalue weighted by Crippen LogP contribution is -2.54. The molecule has 7 heteroatoms. The van der Waals surface area contributed by atoms with Gasteiger partial charge in [-0.1, -0.05) is 36.4 Å². The quantitative estimate of drug-likeness (QED) is 0.812. The van der Waals surface area contributed by atoms with Crippen molar-refractivity contribution in [2.75, 3.05) is 31.8 Å². The summed E-state index contributed by atoms with van der Waals surface area (Å²) in [5, 5.41) is 3.22. The third-order valence-electron chi connectivity index (χ3n) is 6.84. The fraction of sp³-hybridized carbons (Fsp3) is 0.435. The average Bonchev–Trinajstić information content (AvgIpc) is 3.04. The number of hydrogen-bond donors (Lipinski definition) is 1. The second-order valence-corrected chi connectivity index (χ2v) is 10.9. The molecule has 1 aliphatic heterocycles. The van der Waals surface area contributed by atoms with Crippen LogP contribution in [0, 0.1) is 0 Å². The minimum absolute atomic E-state index is 0.0408. The summed E-state index contributed by atoms with van der Waals surface area (Å²) in [5.41, 5.74) is 1.61. The number of carbonyl (C=O) groups excluding carboxylic acids is 1. The fourth-order valence-electron chi connectivity index (χ4n) is 4.97. The highest BCUT2D eigenvalue weighted by molar-refractivity contribution is 7.90. The molecule has 6 nitrogen and oxygen atoms in total. The maximum absolute atomic E-state index is 12.8. The number of benzene rings is 2. The molecule has 0 atom stereocenters. The van der Waals surface area contributed by atoms with Crippen molar-refractivity contribution in [3.63, 3.8) is 0 Å². The highest BCUT2D eigenvalue weighted by atomic mass is 32.2. The lowest BCUT2D eigenvalue weighted by Gasteiger charge is -2.48. The Morgan fingerprint density at radius 3 is 2.23 bits per heavy atom. The van der Waals surface area contributed by atoms with Gasteiger partial charge in [-0.25, -0.2) is 13.2 Å². The first-order valence-corrected chi connectivity index (χ1v) is 12.2. The van der Waals surface area contributed by atoms with E-state index in [1.807, 2.05) is 6.07 Å². The molecule has 1 saturated heterocycles. The molecule has 2 aromatic rings. The van der Waals surface area contributed by atoms with Gasteiger partial charge >= 0.3 is 6.03 Å². The molecule has 2 aromatic carbocycles. The number of rotatable bonds is 4. The topological polar surface area (TPSA) is 69.7 Å². The second-order valence-electron chi connectivity index (χ2n) is 8.86. The Balaban J connectivity index is 1.57. The first kappa shape index (κ1) is 20.9. The van der Waals surface area contributed by atoms with E-state index in [4.69, 9.17) is 0 Å². The molecule has 2 amide bonds. The zero-order valence-corrected chi connectivity index (χ0v) is 18.6. The number of amides is 2. The summed E-state index contributed by atoms with van der Waals surface area (Å²) >= 11 is 0. The highest BCUT2D eigenvalue weighted by Gasteiger charge is 2.50. The van der Waals surface area contributed by atoms with E-state index in [1.54, 1.807) is 29.2 Å². The molecule has 0 radical (unpaired) electrons. The maximum Gasteiger partial charge on any atom is 0.322 e. The van der Waals surface area contributed by atoms with Crippen molar-refractivity contribution in [3.05, 3.63) is 60.2 Å². The van der Waals surface area contributed by atoms with Gasteiger partial charge in [0.25, 0.3) is 0 Å². The van der Waals surface area contributed by atoms with Crippen molar-refractivity contribution in [3.8, 4) is 0 Å². The number of carbonyl (C=O) groups is 1. The van der Waals surface area contributed by atoms with Crippen LogP contribution in [0.3, 0.4) is 0 Å². The lowest BCUT2D eigenvalue weighted by molar-refractivity contribution is 0.0658. The molecule has 4 rings (SSSR count). The zero-order chi connectivity index (χ0) is 21.6. The average molecular weight is 428 g/mol. The maximum atomic E-state index is 12.8. The smallest absolute Gasteiger partial charge is 0.322 e. The molecule has 0 aromatic heterocycles. The second kappa shape index (κ2) is 7.39. The first-order valence-electron chi connectivity index (χ1n) is 10.3. The van der Waals surface area contributed by atoms with Gasteiger partial charge in [0.05, 0.1) is 17.0 Å². The number of hydrogen-bond acceptors (Lipinski definition) is 4. The molecule has 1 aliphatic carbocycles. The van der Waals surface area contributed by atoms with Gasteiger partial charge in [0.1, 0.15) is 0 Å². The van der Waals surface area contributed by atoms with Crippen molar-refractivity contribution in [1.29, 1.82) is 0 Å². The van der Waals surface area contributed by atoms with Gasteiger partial charge in [0.2, 0.25) is 0 Å². The van der Waals surface area contributed by atoms with E-state index < -0.39 is 9.84 Å². The number of nitrogens with zero attached hydrogens (tertiary/aromatic N) is 2. The number of sulfone groups is 1. The van der Waals surface area contributed by atoms with Crippen LogP contribution >= 0.6 is 0 Å². The van der Waals surface area contributed by atoms with Crippen molar-refractivity contribution in [1.82, 2.24) is 10.2 Å². The molecule has 2 aliphatic rings. The molecular formula is C23H29N3O3S. The van der Waals surface area contributed by atoms with Gasteiger partial charge in [0.15, 0.2) is 9.84 Å². The number of urea groups is 1. The molecule has 0 unspecified atom stereocenters. The summed E-state index contributed by atoms with van der Waals surface area (Å²) in [4.78, 5) is 17.0. The predicted octanol–water partition coefficient (Wildman–Crippen LogP) is 3.39. The minimum Gasteiger partial charge on any atom is -0.330 e. The van der Waals surface area contributed by atoms with E-state index >= 15 is 0 Å². The van der Waals surface area contributed by atoms with Crippen molar-refractivity contribution < 1.29 is 13.2 Å². The molecule has 30 heavy (non-hydrogen) atoms. The third-order valence-corrected chi connectivity index (χ3v) is 7.95. The van der Waals surface area contributed by atoms with Gasteiger partial charge in [0, 0.05) is 17.5 Å². The molecule has 160 valence electrons. The van der Waals surface area contributed by atoms with Crippen molar-refractivity contribution >= 4 is 21.6 Å². The van der Waals surface area contributed by atoms with Crippen LogP contribution in [-0.2, 0) is 15.4 Å². The van der Waals surface area contributed by atoms with Crippen molar-refractivity contribution in [2.24, 2.45) is 0 Å². The SMILES string of the molecule is CN(C)[C@]1(c2ccccc2)CC[C@@]2(CC1)CN(c1cccc(S(C)(=O)=O)c1)C(=O)N2. The molecule has 1 saturated carbocycles. The van der Waals surface area contributed by atoms with Crippen LogP contribution in [0.25, 0.3) is 0 Å². The molecule has 0 bridgehead atoms. The predicted molar refractivity (Wildman–Crippen MR) is 118 cm³/mol. The van der Waals surface area contributed by atoms with Crippen LogP contribution < -0.4 is 10.2 Å². The van der Waals surface area contributed by atoms with E-state index in [0.29, 0.717) is 12.2 Å². The largest absolute Gasteiger partial charge is 0.330 e. The van der Waals surface area contributed by atoms with E-state index in [9.17, 15) is 13.2 Å². The summed E-state index contributed by atoms with van der Waals surface area (Å²) in [6, 6.07) is 17.1. The van der Waals surface area contributed by atoms with Crippen molar-refractivity contribution in [2.45, 2.75) is 41.7 Å². The highest BCUT2D eigenvalue weighted by Crippen LogP contribution is 2.46. The number of nitrogens with one attached hydrogen (secondary N) is 1. The van der Waals surface area contributed by atoms with Crippen LogP contribution in [0.1, 0.15) is 31.2 Å². The molecular weight excluding hydrogens is 398 g/mol. The monoisotopic (exact) mass is 427 g/mol. The fourth-order valence-corrected chi connectivity index (χ4v) is 5.63. The Bertz CT molecular complexity index is 1040. The molecule has 1 spiro atoms. The van der Waals surface area contributed by atoms with E-state index in [2.05, 4.69) is 48.6 Å². The normalized spacial score (nSPS) is 26.9. The summed E-state index contributed by atoms with van der Waals surface area (Å²) < 4.78 is 23.8. The zero-order valence-electron chi connectivity index (χ0n) is 17.8. The standard InChI is InChI=1S/C23H29N3O3S/c1-25(2)23(18-8-5-4-6-9-18)14-12-22(13-15-23)17-26(21(27)24-22)19-10-7-11-20(16-19)30(3,28)29/h4-11,16H,12-15,17H2,1-3H3,(H,24,27)/t22-,23-. The minimum atomic E-state index is -3.33. The van der Waals surface area contributed by atoms with Crippen LogP contribution in [0.15, 0.2) is 59.5 Å². The summed E-state index contributed by atoms with van der Waals surface area (Å²) in [7, 11) is 0.927. The van der Waals surface area contributed by atoms with Crippen LogP contribution in [0.4, 0.5) is 10.5 Å². The number of anilines is 1. The van der Waals surface area contributed by atoms with Gasteiger partial charge in [-0.2, -0.15) is 0 Å². The van der Waals surface area contributed by atoms with Crippen LogP contribution in [0.5, 0.6) is 0 Å². The van der Waals surface area contributed by atoms with Crippen LogP contribution in [-0.4, -0.2) is 51.8 Å². The van der Waals surface area contributed by atoms with E-state index in [-0.39, 0.29) is 22.0 Å². The van der Waals surface area contributed by atoms with Gasteiger partial charge < -0.3 is 5.32 Å². The molecule has 2 fully saturated rings.